The molecule has 4 rings (SSSR count). The first-order valence-corrected chi connectivity index (χ1v) is 9.51. The van der Waals surface area contributed by atoms with Crippen molar-refractivity contribution in [1.29, 1.82) is 0 Å². The third-order valence-corrected chi connectivity index (χ3v) is 6.49. The van der Waals surface area contributed by atoms with Crippen LogP contribution in [0.1, 0.15) is 24.8 Å². The van der Waals surface area contributed by atoms with E-state index < -0.39 is 11.9 Å². The van der Waals surface area contributed by atoms with Crippen molar-refractivity contribution in [2.45, 2.75) is 25.8 Å². The summed E-state index contributed by atoms with van der Waals surface area (Å²) in [6, 6.07) is 6.52. The highest BCUT2D eigenvalue weighted by Gasteiger charge is 2.54. The first-order valence-electron chi connectivity index (χ1n) is 9.51. The minimum Gasteiger partial charge on any atom is -0.481 e. The van der Waals surface area contributed by atoms with E-state index in [1.165, 1.54) is 12.1 Å². The van der Waals surface area contributed by atoms with Crippen LogP contribution in [0.2, 0.25) is 0 Å². The third kappa shape index (κ3) is 3.22. The molecule has 6 heteroatoms. The van der Waals surface area contributed by atoms with Crippen molar-refractivity contribution in [3.05, 3.63) is 35.6 Å². The van der Waals surface area contributed by atoms with Gasteiger partial charge in [0.05, 0.1) is 11.8 Å². The first-order chi connectivity index (χ1) is 12.5. The summed E-state index contributed by atoms with van der Waals surface area (Å²) in [5, 5.41) is 9.57. The van der Waals surface area contributed by atoms with Crippen LogP contribution in [0.3, 0.4) is 0 Å². The maximum absolute atomic E-state index is 13.0. The molecule has 5 nitrogen and oxygen atoms in total. The van der Waals surface area contributed by atoms with Gasteiger partial charge in [0.2, 0.25) is 5.91 Å². The lowest BCUT2D eigenvalue weighted by Gasteiger charge is -2.38. The quantitative estimate of drug-likeness (QED) is 0.894. The average molecular weight is 360 g/mol. The molecule has 1 heterocycles. The van der Waals surface area contributed by atoms with Gasteiger partial charge in [-0.15, -0.1) is 0 Å². The van der Waals surface area contributed by atoms with E-state index in [-0.39, 0.29) is 29.5 Å². The summed E-state index contributed by atoms with van der Waals surface area (Å²) in [5.74, 6) is -1.36. The van der Waals surface area contributed by atoms with Crippen molar-refractivity contribution in [3.63, 3.8) is 0 Å². The fraction of sp³-hybridized carbons (Fsp3) is 0.600. The highest BCUT2D eigenvalue weighted by molar-refractivity contribution is 5.86. The highest BCUT2D eigenvalue weighted by Crippen LogP contribution is 2.53. The molecule has 1 aromatic rings. The number of nitrogens with zero attached hydrogens (tertiary/aromatic N) is 2. The minimum absolute atomic E-state index is 0.0473. The lowest BCUT2D eigenvalue weighted by atomic mass is 9.78. The van der Waals surface area contributed by atoms with Gasteiger partial charge >= 0.3 is 5.97 Å². The third-order valence-electron chi connectivity index (χ3n) is 6.49. The van der Waals surface area contributed by atoms with Crippen LogP contribution >= 0.6 is 0 Å². The number of carbonyl (C=O) groups is 2. The lowest BCUT2D eigenvalue weighted by molar-refractivity contribution is -0.153. The van der Waals surface area contributed by atoms with E-state index in [4.69, 9.17) is 0 Å². The van der Waals surface area contributed by atoms with Crippen LogP contribution in [0.5, 0.6) is 0 Å². The Balaban J connectivity index is 1.35. The topological polar surface area (TPSA) is 60.9 Å². The van der Waals surface area contributed by atoms with Gasteiger partial charge in [0, 0.05) is 32.7 Å². The minimum atomic E-state index is -0.800. The molecule has 0 radical (unpaired) electrons. The molecule has 1 aromatic carbocycles. The number of fused-ring (bicyclic) bond motifs is 2. The van der Waals surface area contributed by atoms with Crippen LogP contribution in [-0.2, 0) is 16.1 Å². The standard InChI is InChI=1S/C20H25FN2O3/c21-16-5-1-13(2-6-16)12-22-7-9-23(10-8-22)19(24)17-14-3-4-15(11-14)18(17)20(25)26/h1-2,5-6,14-15,17-18H,3-4,7-12H2,(H,25,26)/t14-,15+,17-,18+/m1/s1. The van der Waals surface area contributed by atoms with Gasteiger partial charge in [0.15, 0.2) is 0 Å². The molecule has 1 saturated heterocycles. The molecular formula is C20H25FN2O3. The van der Waals surface area contributed by atoms with Gasteiger partial charge in [-0.25, -0.2) is 4.39 Å². The molecule has 1 aliphatic heterocycles. The molecule has 140 valence electrons. The molecule has 1 N–H and O–H groups in total. The highest BCUT2D eigenvalue weighted by atomic mass is 19.1. The molecular weight excluding hydrogens is 335 g/mol. The molecule has 3 fully saturated rings. The number of halogens is 1. The number of hydrogen-bond acceptors (Lipinski definition) is 3. The van der Waals surface area contributed by atoms with Gasteiger partial charge in [-0.1, -0.05) is 12.1 Å². The number of benzene rings is 1. The zero-order valence-corrected chi connectivity index (χ0v) is 14.8. The van der Waals surface area contributed by atoms with Crippen LogP contribution in [-0.4, -0.2) is 53.0 Å². The fourth-order valence-electron chi connectivity index (χ4n) is 5.19. The van der Waals surface area contributed by atoms with E-state index in [9.17, 15) is 19.1 Å². The van der Waals surface area contributed by atoms with Gasteiger partial charge in [0.1, 0.15) is 5.82 Å². The molecule has 3 aliphatic rings. The Morgan fingerprint density at radius 3 is 2.23 bits per heavy atom. The van der Waals surface area contributed by atoms with E-state index in [2.05, 4.69) is 4.90 Å². The molecule has 0 aromatic heterocycles. The molecule has 26 heavy (non-hydrogen) atoms. The average Bonchev–Trinajstić information content (AvgIpc) is 3.25. The largest absolute Gasteiger partial charge is 0.481 e. The Labute approximate surface area is 152 Å². The van der Waals surface area contributed by atoms with Gasteiger partial charge in [-0.3, -0.25) is 14.5 Å². The molecule has 2 saturated carbocycles. The van der Waals surface area contributed by atoms with E-state index >= 15 is 0 Å². The van der Waals surface area contributed by atoms with E-state index in [0.29, 0.717) is 13.1 Å². The number of piperazine rings is 1. The molecule has 0 spiro atoms. The Bertz CT molecular complexity index is 685. The SMILES string of the molecule is O=C(O)[C@H]1[C@H]2CC[C@H](C2)[C@H]1C(=O)N1CCN(Cc2ccc(F)cc2)CC1. The summed E-state index contributed by atoms with van der Waals surface area (Å²) < 4.78 is 13.0. The summed E-state index contributed by atoms with van der Waals surface area (Å²) in [4.78, 5) is 28.8. The Morgan fingerprint density at radius 2 is 1.62 bits per heavy atom. The second-order valence-corrected chi connectivity index (χ2v) is 7.95. The van der Waals surface area contributed by atoms with Gasteiger partial charge in [-0.05, 0) is 48.8 Å². The Morgan fingerprint density at radius 1 is 1.00 bits per heavy atom. The van der Waals surface area contributed by atoms with Crippen molar-refractivity contribution >= 4 is 11.9 Å². The van der Waals surface area contributed by atoms with Crippen LogP contribution < -0.4 is 0 Å². The smallest absolute Gasteiger partial charge is 0.307 e. The van der Waals surface area contributed by atoms with Gasteiger partial charge in [-0.2, -0.15) is 0 Å². The van der Waals surface area contributed by atoms with Crippen molar-refractivity contribution in [2.24, 2.45) is 23.7 Å². The summed E-state index contributed by atoms with van der Waals surface area (Å²) in [5.41, 5.74) is 1.06. The van der Waals surface area contributed by atoms with E-state index in [1.807, 2.05) is 4.90 Å². The summed E-state index contributed by atoms with van der Waals surface area (Å²) >= 11 is 0. The molecule has 1 amide bonds. The Kier molecular flexibility index (Phi) is 4.69. The lowest BCUT2D eigenvalue weighted by Crippen LogP contribution is -2.52. The summed E-state index contributed by atoms with van der Waals surface area (Å²) in [7, 11) is 0. The van der Waals surface area contributed by atoms with Crippen LogP contribution in [0, 0.1) is 29.5 Å². The van der Waals surface area contributed by atoms with Gasteiger partial charge in [0.25, 0.3) is 0 Å². The molecule has 4 atom stereocenters. The first kappa shape index (κ1) is 17.5. The van der Waals surface area contributed by atoms with Crippen LogP contribution in [0.25, 0.3) is 0 Å². The molecule has 2 bridgehead atoms. The van der Waals surface area contributed by atoms with Gasteiger partial charge < -0.3 is 10.0 Å². The Hall–Kier alpha value is -1.95. The maximum Gasteiger partial charge on any atom is 0.307 e. The second-order valence-electron chi connectivity index (χ2n) is 7.95. The van der Waals surface area contributed by atoms with E-state index in [1.54, 1.807) is 12.1 Å². The summed E-state index contributed by atoms with van der Waals surface area (Å²) in [6.45, 7) is 3.55. The number of aliphatic carboxylic acids is 1. The van der Waals surface area contributed by atoms with E-state index in [0.717, 1.165) is 44.5 Å². The molecule has 0 unspecified atom stereocenters. The second kappa shape index (κ2) is 6.99. The summed E-state index contributed by atoms with van der Waals surface area (Å²) in [6.07, 6.45) is 2.85. The van der Waals surface area contributed by atoms with Crippen molar-refractivity contribution in [3.8, 4) is 0 Å². The monoisotopic (exact) mass is 360 g/mol. The number of carboxylic acid groups (broad SMARTS) is 1. The van der Waals surface area contributed by atoms with Crippen molar-refractivity contribution < 1.29 is 19.1 Å². The zero-order chi connectivity index (χ0) is 18.3. The zero-order valence-electron chi connectivity index (χ0n) is 14.8. The maximum atomic E-state index is 13.0. The van der Waals surface area contributed by atoms with Crippen molar-refractivity contribution in [1.82, 2.24) is 9.80 Å². The predicted molar refractivity (Wildman–Crippen MR) is 93.7 cm³/mol. The predicted octanol–water partition coefficient (Wildman–Crippen LogP) is 2.22. The fourth-order valence-corrected chi connectivity index (χ4v) is 5.19. The number of carbonyl (C=O) groups excluding carboxylic acids is 1. The van der Waals surface area contributed by atoms with Crippen LogP contribution in [0.15, 0.2) is 24.3 Å². The number of rotatable bonds is 4. The van der Waals surface area contributed by atoms with Crippen LogP contribution in [0.4, 0.5) is 4.39 Å². The molecule has 2 aliphatic carbocycles. The number of hydrogen-bond donors (Lipinski definition) is 1. The van der Waals surface area contributed by atoms with Crippen molar-refractivity contribution in [2.75, 3.05) is 26.2 Å². The number of carboxylic acids is 1. The normalized spacial score (nSPS) is 31.3. The number of amides is 1.